The highest BCUT2D eigenvalue weighted by molar-refractivity contribution is 7.15. The van der Waals surface area contributed by atoms with Crippen molar-refractivity contribution in [1.82, 2.24) is 10.3 Å². The standard InChI is InChI=1S/C12H13Cl2N3S.ClH/c13-9-3-8(4-10(14)5-9)1-2-16-6-11-7-17-12(15)18-11;/h3-5,7,16H,1-2,6H2,(H2,15,17);1H. The number of benzene rings is 1. The first kappa shape index (κ1) is 16.5. The predicted molar refractivity (Wildman–Crippen MR) is 85.6 cm³/mol. The smallest absolute Gasteiger partial charge is 0.180 e. The minimum Gasteiger partial charge on any atom is -0.375 e. The average molecular weight is 339 g/mol. The van der Waals surface area contributed by atoms with Gasteiger partial charge in [-0.25, -0.2) is 4.98 Å². The van der Waals surface area contributed by atoms with Crippen LogP contribution in [0.5, 0.6) is 0 Å². The molecule has 0 aliphatic rings. The van der Waals surface area contributed by atoms with Gasteiger partial charge in [0, 0.05) is 27.7 Å². The van der Waals surface area contributed by atoms with E-state index in [0.29, 0.717) is 15.2 Å². The van der Waals surface area contributed by atoms with E-state index < -0.39 is 0 Å². The van der Waals surface area contributed by atoms with Gasteiger partial charge in [-0.15, -0.1) is 23.7 Å². The van der Waals surface area contributed by atoms with Gasteiger partial charge in [-0.05, 0) is 36.7 Å². The lowest BCUT2D eigenvalue weighted by Crippen LogP contribution is -2.15. The Morgan fingerprint density at radius 2 is 1.89 bits per heavy atom. The summed E-state index contributed by atoms with van der Waals surface area (Å²) in [5, 5.41) is 5.28. The van der Waals surface area contributed by atoms with Gasteiger partial charge in [0.15, 0.2) is 5.13 Å². The first-order valence-corrected chi connectivity index (χ1v) is 7.06. The number of thiazole rings is 1. The number of aromatic nitrogens is 1. The highest BCUT2D eigenvalue weighted by Crippen LogP contribution is 2.19. The molecule has 3 nitrogen and oxygen atoms in total. The van der Waals surface area contributed by atoms with Gasteiger partial charge in [0.2, 0.25) is 0 Å². The molecule has 0 atom stereocenters. The number of nitrogens with two attached hydrogens (primary N) is 1. The van der Waals surface area contributed by atoms with Crippen molar-refractivity contribution in [1.29, 1.82) is 0 Å². The zero-order valence-electron chi connectivity index (χ0n) is 10.0. The predicted octanol–water partition coefficient (Wildman–Crippen LogP) is 3.79. The molecule has 2 aromatic rings. The fourth-order valence-corrected chi connectivity index (χ4v) is 2.83. The Balaban J connectivity index is 0.00000180. The molecule has 0 bridgehead atoms. The van der Waals surface area contributed by atoms with Gasteiger partial charge in [-0.1, -0.05) is 23.2 Å². The Kier molecular flexibility index (Phi) is 6.89. The molecule has 3 N–H and O–H groups in total. The topological polar surface area (TPSA) is 50.9 Å². The molecular formula is C12H14Cl3N3S. The molecule has 0 aliphatic heterocycles. The number of hydrogen-bond donors (Lipinski definition) is 2. The molecule has 1 aromatic heterocycles. The maximum absolute atomic E-state index is 5.94. The van der Waals surface area contributed by atoms with E-state index >= 15 is 0 Å². The van der Waals surface area contributed by atoms with E-state index in [1.165, 1.54) is 11.3 Å². The monoisotopic (exact) mass is 337 g/mol. The van der Waals surface area contributed by atoms with E-state index in [4.69, 9.17) is 28.9 Å². The van der Waals surface area contributed by atoms with Gasteiger partial charge in [0.25, 0.3) is 0 Å². The lowest BCUT2D eigenvalue weighted by Gasteiger charge is -2.04. The maximum atomic E-state index is 5.94. The fraction of sp³-hybridized carbons (Fsp3) is 0.250. The molecular weight excluding hydrogens is 325 g/mol. The van der Waals surface area contributed by atoms with Crippen molar-refractivity contribution in [2.24, 2.45) is 0 Å². The van der Waals surface area contributed by atoms with Crippen molar-refractivity contribution < 1.29 is 0 Å². The molecule has 2 rings (SSSR count). The van der Waals surface area contributed by atoms with Crippen LogP contribution in [-0.2, 0) is 13.0 Å². The summed E-state index contributed by atoms with van der Waals surface area (Å²) in [6, 6.07) is 5.60. The van der Waals surface area contributed by atoms with Crippen LogP contribution >= 0.6 is 46.9 Å². The molecule has 104 valence electrons. The Hall–Kier alpha value is -0.520. The lowest BCUT2D eigenvalue weighted by atomic mass is 10.1. The van der Waals surface area contributed by atoms with E-state index in [2.05, 4.69) is 10.3 Å². The number of nitrogens with zero attached hydrogens (tertiary/aromatic N) is 1. The fourth-order valence-electron chi connectivity index (χ4n) is 1.60. The highest BCUT2D eigenvalue weighted by Gasteiger charge is 2.00. The molecule has 1 heterocycles. The van der Waals surface area contributed by atoms with Crippen molar-refractivity contribution in [2.45, 2.75) is 13.0 Å². The van der Waals surface area contributed by atoms with Crippen molar-refractivity contribution in [3.8, 4) is 0 Å². The number of rotatable bonds is 5. The van der Waals surface area contributed by atoms with Crippen molar-refractivity contribution in [3.63, 3.8) is 0 Å². The molecule has 0 amide bonds. The van der Waals surface area contributed by atoms with Crippen LogP contribution in [0.2, 0.25) is 10.0 Å². The average Bonchev–Trinajstić information content (AvgIpc) is 2.69. The SMILES string of the molecule is Cl.Nc1ncc(CNCCc2cc(Cl)cc(Cl)c2)s1. The van der Waals surface area contributed by atoms with Gasteiger partial charge in [0.1, 0.15) is 0 Å². The molecule has 0 aliphatic carbocycles. The molecule has 0 radical (unpaired) electrons. The number of anilines is 1. The molecule has 1 aromatic carbocycles. The number of nitrogen functional groups attached to an aromatic ring is 1. The summed E-state index contributed by atoms with van der Waals surface area (Å²) in [5.41, 5.74) is 6.69. The van der Waals surface area contributed by atoms with E-state index in [9.17, 15) is 0 Å². The summed E-state index contributed by atoms with van der Waals surface area (Å²) in [7, 11) is 0. The Labute approximate surface area is 132 Å². The minimum atomic E-state index is 0. The van der Waals surface area contributed by atoms with Crippen LogP contribution in [0.25, 0.3) is 0 Å². The first-order valence-electron chi connectivity index (χ1n) is 5.49. The quantitative estimate of drug-likeness (QED) is 0.816. The summed E-state index contributed by atoms with van der Waals surface area (Å²) in [5.74, 6) is 0. The van der Waals surface area contributed by atoms with Crippen LogP contribution in [0.1, 0.15) is 10.4 Å². The second kappa shape index (κ2) is 7.92. The van der Waals surface area contributed by atoms with E-state index in [0.717, 1.165) is 30.0 Å². The van der Waals surface area contributed by atoms with E-state index in [1.54, 1.807) is 12.3 Å². The molecule has 0 saturated carbocycles. The van der Waals surface area contributed by atoms with Gasteiger partial charge in [0.05, 0.1) is 0 Å². The Morgan fingerprint density at radius 3 is 2.47 bits per heavy atom. The molecule has 0 spiro atoms. The highest BCUT2D eigenvalue weighted by atomic mass is 35.5. The largest absolute Gasteiger partial charge is 0.375 e. The van der Waals surface area contributed by atoms with Crippen LogP contribution in [0.15, 0.2) is 24.4 Å². The van der Waals surface area contributed by atoms with Gasteiger partial charge < -0.3 is 11.1 Å². The maximum Gasteiger partial charge on any atom is 0.180 e. The van der Waals surface area contributed by atoms with E-state index in [-0.39, 0.29) is 12.4 Å². The van der Waals surface area contributed by atoms with Crippen LogP contribution in [0.4, 0.5) is 5.13 Å². The number of nitrogens with one attached hydrogen (secondary N) is 1. The van der Waals surface area contributed by atoms with Crippen LogP contribution in [0, 0.1) is 0 Å². The Morgan fingerprint density at radius 1 is 1.21 bits per heavy atom. The first-order chi connectivity index (χ1) is 8.63. The summed E-state index contributed by atoms with van der Waals surface area (Å²) in [4.78, 5) is 5.13. The molecule has 19 heavy (non-hydrogen) atoms. The second-order valence-corrected chi connectivity index (χ2v) is 5.89. The summed E-state index contributed by atoms with van der Waals surface area (Å²) in [6.45, 7) is 1.64. The van der Waals surface area contributed by atoms with Gasteiger partial charge in [-0.3, -0.25) is 0 Å². The third kappa shape index (κ3) is 5.55. The number of halogens is 3. The number of hydrogen-bond acceptors (Lipinski definition) is 4. The third-order valence-corrected chi connectivity index (χ3v) is 3.65. The minimum absolute atomic E-state index is 0. The zero-order chi connectivity index (χ0) is 13.0. The summed E-state index contributed by atoms with van der Waals surface area (Å²) in [6.07, 6.45) is 2.68. The van der Waals surface area contributed by atoms with Crippen molar-refractivity contribution in [3.05, 3.63) is 44.9 Å². The van der Waals surface area contributed by atoms with Gasteiger partial charge in [-0.2, -0.15) is 0 Å². The van der Waals surface area contributed by atoms with Crippen molar-refractivity contribution >= 4 is 52.1 Å². The van der Waals surface area contributed by atoms with Gasteiger partial charge >= 0.3 is 0 Å². The molecule has 0 unspecified atom stereocenters. The summed E-state index contributed by atoms with van der Waals surface area (Å²) < 4.78 is 0. The normalized spacial score (nSPS) is 10.2. The summed E-state index contributed by atoms with van der Waals surface area (Å²) >= 11 is 13.4. The van der Waals surface area contributed by atoms with Crippen LogP contribution in [-0.4, -0.2) is 11.5 Å². The molecule has 0 fully saturated rings. The zero-order valence-corrected chi connectivity index (χ0v) is 13.2. The van der Waals surface area contributed by atoms with E-state index in [1.807, 2.05) is 12.1 Å². The van der Waals surface area contributed by atoms with Crippen LogP contribution in [0.3, 0.4) is 0 Å². The third-order valence-electron chi connectivity index (χ3n) is 2.38. The Bertz CT molecular complexity index is 510. The molecule has 0 saturated heterocycles. The van der Waals surface area contributed by atoms with Crippen LogP contribution < -0.4 is 11.1 Å². The second-order valence-electron chi connectivity index (χ2n) is 3.87. The lowest BCUT2D eigenvalue weighted by molar-refractivity contribution is 0.693. The molecule has 7 heteroatoms. The van der Waals surface area contributed by atoms with Crippen molar-refractivity contribution in [2.75, 3.05) is 12.3 Å².